The number of aryl methyl sites for hydroxylation is 1. The Bertz CT molecular complexity index is 355. The van der Waals surface area contributed by atoms with Crippen molar-refractivity contribution in [1.29, 1.82) is 0 Å². The van der Waals surface area contributed by atoms with Crippen molar-refractivity contribution in [3.05, 3.63) is 22.4 Å². The summed E-state index contributed by atoms with van der Waals surface area (Å²) < 4.78 is 0. The van der Waals surface area contributed by atoms with Crippen LogP contribution in [0, 0.1) is 11.3 Å². The van der Waals surface area contributed by atoms with Crippen LogP contribution in [0.3, 0.4) is 0 Å². The van der Waals surface area contributed by atoms with E-state index in [1.807, 2.05) is 0 Å². The normalized spacial score (nSPS) is 32.6. The second-order valence-electron chi connectivity index (χ2n) is 6.71. The first-order valence-corrected chi connectivity index (χ1v) is 7.56. The molecule has 0 aliphatic heterocycles. The van der Waals surface area contributed by atoms with Gasteiger partial charge in [0.05, 0.1) is 5.60 Å². The predicted octanol–water partition coefficient (Wildman–Crippen LogP) is 4.26. The van der Waals surface area contributed by atoms with Gasteiger partial charge in [-0.15, -0.1) is 0 Å². The Kier molecular flexibility index (Phi) is 3.65. The van der Waals surface area contributed by atoms with Crippen molar-refractivity contribution in [3.63, 3.8) is 0 Å². The Morgan fingerprint density at radius 1 is 1.41 bits per heavy atom. The molecule has 0 saturated heterocycles. The lowest BCUT2D eigenvalue weighted by atomic mass is 9.64. The van der Waals surface area contributed by atoms with Gasteiger partial charge in [-0.3, -0.25) is 0 Å². The number of aliphatic hydroxyl groups is 1. The lowest BCUT2D eigenvalue weighted by Gasteiger charge is -2.44. The topological polar surface area (TPSA) is 20.2 Å². The van der Waals surface area contributed by atoms with E-state index in [0.717, 1.165) is 25.7 Å². The maximum Gasteiger partial charge on any atom is 0.0658 e. The molecule has 1 saturated carbocycles. The van der Waals surface area contributed by atoms with Gasteiger partial charge in [0.2, 0.25) is 0 Å². The van der Waals surface area contributed by atoms with Crippen LogP contribution in [0.25, 0.3) is 0 Å². The summed E-state index contributed by atoms with van der Waals surface area (Å²) in [5.74, 6) is 0.645. The van der Waals surface area contributed by atoms with E-state index < -0.39 is 5.60 Å². The molecule has 1 aliphatic rings. The summed E-state index contributed by atoms with van der Waals surface area (Å²) in [7, 11) is 0. The third-order valence-electron chi connectivity index (χ3n) is 3.90. The molecule has 1 nitrogen and oxygen atoms in total. The Morgan fingerprint density at radius 2 is 2.18 bits per heavy atom. The fourth-order valence-electron chi connectivity index (χ4n) is 3.70. The van der Waals surface area contributed by atoms with Gasteiger partial charge in [0.15, 0.2) is 0 Å². The third kappa shape index (κ3) is 3.56. The van der Waals surface area contributed by atoms with Crippen molar-refractivity contribution in [2.24, 2.45) is 11.3 Å². The van der Waals surface area contributed by atoms with Crippen LogP contribution in [0.4, 0.5) is 0 Å². The van der Waals surface area contributed by atoms with Crippen LogP contribution in [0.2, 0.25) is 0 Å². The minimum absolute atomic E-state index is 0.293. The molecule has 1 aliphatic carbocycles. The molecule has 0 spiro atoms. The maximum atomic E-state index is 10.8. The predicted molar refractivity (Wildman–Crippen MR) is 74.4 cm³/mol. The van der Waals surface area contributed by atoms with Gasteiger partial charge in [0, 0.05) is 0 Å². The highest BCUT2D eigenvalue weighted by molar-refractivity contribution is 7.07. The summed E-state index contributed by atoms with van der Waals surface area (Å²) in [5.41, 5.74) is 1.23. The van der Waals surface area contributed by atoms with E-state index in [1.54, 1.807) is 11.3 Å². The van der Waals surface area contributed by atoms with Gasteiger partial charge in [-0.2, -0.15) is 11.3 Å². The summed E-state index contributed by atoms with van der Waals surface area (Å²) in [6, 6.07) is 2.17. The standard InChI is InChI=1S/C15H24OS/c1-12-8-14(2,3)11-15(16,9-12)6-4-13-5-7-17-10-13/h5,7,10,12,16H,4,6,8-9,11H2,1-3H3. The molecular weight excluding hydrogens is 228 g/mol. The zero-order valence-corrected chi connectivity index (χ0v) is 12.0. The molecule has 1 fully saturated rings. The fraction of sp³-hybridized carbons (Fsp3) is 0.733. The van der Waals surface area contributed by atoms with Gasteiger partial charge < -0.3 is 5.11 Å². The Morgan fingerprint density at radius 3 is 2.76 bits per heavy atom. The molecule has 0 bridgehead atoms. The monoisotopic (exact) mass is 252 g/mol. The van der Waals surface area contributed by atoms with Crippen molar-refractivity contribution in [1.82, 2.24) is 0 Å². The van der Waals surface area contributed by atoms with Crippen LogP contribution in [-0.2, 0) is 6.42 Å². The van der Waals surface area contributed by atoms with Crippen LogP contribution < -0.4 is 0 Å². The fourth-order valence-corrected chi connectivity index (χ4v) is 4.40. The highest BCUT2D eigenvalue weighted by atomic mass is 32.1. The first-order chi connectivity index (χ1) is 7.89. The first-order valence-electron chi connectivity index (χ1n) is 6.62. The van der Waals surface area contributed by atoms with Crippen LogP contribution in [-0.4, -0.2) is 10.7 Å². The second kappa shape index (κ2) is 4.74. The molecule has 1 N–H and O–H groups in total. The zero-order valence-electron chi connectivity index (χ0n) is 11.2. The average Bonchev–Trinajstić information content (AvgIpc) is 2.62. The summed E-state index contributed by atoms with van der Waals surface area (Å²) in [5, 5.41) is 15.1. The largest absolute Gasteiger partial charge is 0.390 e. The molecule has 2 rings (SSSR count). The molecule has 1 heterocycles. The van der Waals surface area contributed by atoms with Gasteiger partial charge in [-0.25, -0.2) is 0 Å². The highest BCUT2D eigenvalue weighted by Gasteiger charge is 2.40. The van der Waals surface area contributed by atoms with Gasteiger partial charge in [-0.05, 0) is 65.8 Å². The molecule has 2 unspecified atom stereocenters. The summed E-state index contributed by atoms with van der Waals surface area (Å²) in [6.45, 7) is 6.85. The van der Waals surface area contributed by atoms with E-state index in [9.17, 15) is 5.11 Å². The van der Waals surface area contributed by atoms with Gasteiger partial charge >= 0.3 is 0 Å². The van der Waals surface area contributed by atoms with Crippen molar-refractivity contribution in [2.75, 3.05) is 0 Å². The Balaban J connectivity index is 1.98. The SMILES string of the molecule is CC1CC(C)(C)CC(O)(CCc2ccsc2)C1. The molecule has 2 heteroatoms. The molecule has 2 atom stereocenters. The maximum absolute atomic E-state index is 10.8. The van der Waals surface area contributed by atoms with Crippen molar-refractivity contribution < 1.29 is 5.11 Å². The lowest BCUT2D eigenvalue weighted by Crippen LogP contribution is -2.42. The van der Waals surface area contributed by atoms with E-state index in [1.165, 1.54) is 12.0 Å². The molecule has 96 valence electrons. The van der Waals surface area contributed by atoms with Gasteiger partial charge in [0.25, 0.3) is 0 Å². The number of hydrogen-bond donors (Lipinski definition) is 1. The first kappa shape index (κ1) is 13.1. The summed E-state index contributed by atoms with van der Waals surface area (Å²) >= 11 is 1.74. The van der Waals surface area contributed by atoms with E-state index in [0.29, 0.717) is 11.3 Å². The Hall–Kier alpha value is -0.340. The van der Waals surface area contributed by atoms with Crippen molar-refractivity contribution in [2.45, 2.75) is 58.5 Å². The molecule has 0 radical (unpaired) electrons. The smallest absolute Gasteiger partial charge is 0.0658 e. The van der Waals surface area contributed by atoms with E-state index in [2.05, 4.69) is 37.6 Å². The zero-order chi connectivity index (χ0) is 12.5. The van der Waals surface area contributed by atoms with Crippen LogP contribution in [0.1, 0.15) is 52.0 Å². The van der Waals surface area contributed by atoms with E-state index in [4.69, 9.17) is 0 Å². The minimum Gasteiger partial charge on any atom is -0.390 e. The lowest BCUT2D eigenvalue weighted by molar-refractivity contribution is -0.0633. The molecular formula is C15H24OS. The van der Waals surface area contributed by atoms with Gasteiger partial charge in [-0.1, -0.05) is 20.8 Å². The quantitative estimate of drug-likeness (QED) is 0.852. The second-order valence-corrected chi connectivity index (χ2v) is 7.49. The summed E-state index contributed by atoms with van der Waals surface area (Å²) in [6.07, 6.45) is 5.10. The highest BCUT2D eigenvalue weighted by Crippen LogP contribution is 2.45. The third-order valence-corrected chi connectivity index (χ3v) is 4.63. The number of hydrogen-bond acceptors (Lipinski definition) is 2. The molecule has 1 aromatic rings. The van der Waals surface area contributed by atoms with Crippen molar-refractivity contribution >= 4 is 11.3 Å². The van der Waals surface area contributed by atoms with Crippen molar-refractivity contribution in [3.8, 4) is 0 Å². The molecule has 0 aromatic carbocycles. The van der Waals surface area contributed by atoms with E-state index >= 15 is 0 Å². The minimum atomic E-state index is -0.441. The number of thiophene rings is 1. The Labute approximate surface area is 109 Å². The van der Waals surface area contributed by atoms with E-state index in [-0.39, 0.29) is 0 Å². The molecule has 17 heavy (non-hydrogen) atoms. The van der Waals surface area contributed by atoms with Crippen LogP contribution in [0.15, 0.2) is 16.8 Å². The van der Waals surface area contributed by atoms with Crippen LogP contribution >= 0.6 is 11.3 Å². The number of rotatable bonds is 3. The van der Waals surface area contributed by atoms with Gasteiger partial charge in [0.1, 0.15) is 0 Å². The summed E-state index contributed by atoms with van der Waals surface area (Å²) in [4.78, 5) is 0. The average molecular weight is 252 g/mol. The molecule has 0 amide bonds. The van der Waals surface area contributed by atoms with Crippen LogP contribution in [0.5, 0.6) is 0 Å². The molecule has 1 aromatic heterocycles.